The summed E-state index contributed by atoms with van der Waals surface area (Å²) in [5.74, 6) is 1.19. The second-order valence-electron chi connectivity index (χ2n) is 10.4. The lowest BCUT2D eigenvalue weighted by Crippen LogP contribution is -2.35. The number of piperidine rings is 1. The molecule has 0 saturated carbocycles. The van der Waals surface area contributed by atoms with Crippen LogP contribution in [0.5, 0.6) is 0 Å². The van der Waals surface area contributed by atoms with Crippen LogP contribution in [-0.4, -0.2) is 23.1 Å². The molecule has 35 heavy (non-hydrogen) atoms. The van der Waals surface area contributed by atoms with E-state index in [1.165, 1.54) is 57.5 Å². The molecule has 3 heteroatoms. The van der Waals surface area contributed by atoms with E-state index in [0.29, 0.717) is 11.8 Å². The lowest BCUT2D eigenvalue weighted by molar-refractivity contribution is 0.435. The van der Waals surface area contributed by atoms with Gasteiger partial charge in [-0.2, -0.15) is 0 Å². The second kappa shape index (κ2) is 9.89. The van der Waals surface area contributed by atoms with Gasteiger partial charge < -0.3 is 9.88 Å². The molecule has 182 valence electrons. The Labute approximate surface area is 210 Å². The fraction of sp³-hybridized carbons (Fsp3) is 0.406. The van der Waals surface area contributed by atoms with Crippen LogP contribution < -0.4 is 4.90 Å². The van der Waals surface area contributed by atoms with Gasteiger partial charge in [-0.25, -0.2) is 4.98 Å². The predicted octanol–water partition coefficient (Wildman–Crippen LogP) is 8.04. The number of aromatic amines is 1. The number of hydrogen-bond acceptors (Lipinski definition) is 2. The summed E-state index contributed by atoms with van der Waals surface area (Å²) in [5.41, 5.74) is 12.0. The number of nitrogens with one attached hydrogen (secondary N) is 1. The van der Waals surface area contributed by atoms with Gasteiger partial charge in [-0.15, -0.1) is 0 Å². The average Bonchev–Trinajstić information content (AvgIpc) is 3.21. The molecule has 0 spiro atoms. The van der Waals surface area contributed by atoms with Crippen LogP contribution in [-0.2, 0) is 6.42 Å². The predicted molar refractivity (Wildman–Crippen MR) is 150 cm³/mol. The van der Waals surface area contributed by atoms with Crippen LogP contribution in [0, 0.1) is 18.8 Å². The number of pyridine rings is 1. The molecule has 2 aromatic heterocycles. The van der Waals surface area contributed by atoms with Crippen molar-refractivity contribution in [2.24, 2.45) is 11.8 Å². The first-order valence-electron chi connectivity index (χ1n) is 13.4. The zero-order valence-electron chi connectivity index (χ0n) is 21.8. The SMILES string of the molecule is C=C1C=C(C2CCN(c3c(CC)cnc4[nH]c(C)cc34)CC2)CC(CC)C(c2ccccc2)=C1C. The maximum atomic E-state index is 4.69. The van der Waals surface area contributed by atoms with Crippen LogP contribution in [0.1, 0.15) is 63.3 Å². The molecule has 1 aliphatic heterocycles. The monoisotopic (exact) mass is 465 g/mol. The van der Waals surface area contributed by atoms with Crippen molar-refractivity contribution in [2.45, 2.75) is 59.8 Å². The smallest absolute Gasteiger partial charge is 0.139 e. The van der Waals surface area contributed by atoms with Crippen molar-refractivity contribution in [1.29, 1.82) is 0 Å². The van der Waals surface area contributed by atoms with Gasteiger partial charge in [0, 0.05) is 30.4 Å². The zero-order valence-corrected chi connectivity index (χ0v) is 21.8. The summed E-state index contributed by atoms with van der Waals surface area (Å²) in [4.78, 5) is 10.7. The minimum absolute atomic E-state index is 0.551. The lowest BCUT2D eigenvalue weighted by atomic mass is 9.80. The summed E-state index contributed by atoms with van der Waals surface area (Å²) in [6.07, 6.45) is 10.2. The number of nitrogens with zero attached hydrogens (tertiary/aromatic N) is 2. The zero-order chi connectivity index (χ0) is 24.5. The highest BCUT2D eigenvalue weighted by molar-refractivity contribution is 5.92. The number of benzene rings is 1. The van der Waals surface area contributed by atoms with E-state index in [1.807, 2.05) is 0 Å². The molecular weight excluding hydrogens is 426 g/mol. The Bertz CT molecular complexity index is 1280. The van der Waals surface area contributed by atoms with Gasteiger partial charge in [0.15, 0.2) is 0 Å². The molecule has 3 heterocycles. The summed E-state index contributed by atoms with van der Waals surface area (Å²) in [5, 5.41) is 1.28. The quantitative estimate of drug-likeness (QED) is 0.413. The van der Waals surface area contributed by atoms with Crippen molar-refractivity contribution in [1.82, 2.24) is 9.97 Å². The number of aromatic nitrogens is 2. The highest BCUT2D eigenvalue weighted by Gasteiger charge is 2.29. The Morgan fingerprint density at radius 2 is 1.83 bits per heavy atom. The minimum Gasteiger partial charge on any atom is -0.371 e. The van der Waals surface area contributed by atoms with E-state index in [9.17, 15) is 0 Å². The summed E-state index contributed by atoms with van der Waals surface area (Å²) in [6, 6.07) is 13.2. The van der Waals surface area contributed by atoms with Gasteiger partial charge in [-0.1, -0.05) is 62.4 Å². The fourth-order valence-electron chi connectivity index (χ4n) is 6.30. The van der Waals surface area contributed by atoms with E-state index in [2.05, 4.69) is 97.8 Å². The van der Waals surface area contributed by atoms with Crippen LogP contribution in [0.3, 0.4) is 0 Å². The standard InChI is InChI=1S/C32H39N3/c1-6-24-19-28(17-21(3)23(5)30(24)27-11-9-8-10-12-27)26-13-15-35(16-14-26)31-25(7-2)20-33-32-29(31)18-22(4)34-32/h8-12,17-18,20,24,26H,3,6-7,13-16,19H2,1-2,4-5H3,(H,33,34). The summed E-state index contributed by atoms with van der Waals surface area (Å²) in [6.45, 7) is 15.7. The van der Waals surface area contributed by atoms with Crippen molar-refractivity contribution >= 4 is 22.3 Å². The third-order valence-corrected chi connectivity index (χ3v) is 8.27. The second-order valence-corrected chi connectivity index (χ2v) is 10.4. The molecule has 5 rings (SSSR count). The van der Waals surface area contributed by atoms with Crippen LogP contribution in [0.2, 0.25) is 0 Å². The third-order valence-electron chi connectivity index (χ3n) is 8.27. The topological polar surface area (TPSA) is 31.9 Å². The molecule has 1 saturated heterocycles. The van der Waals surface area contributed by atoms with Crippen LogP contribution in [0.15, 0.2) is 72.0 Å². The first-order valence-corrected chi connectivity index (χ1v) is 13.4. The van der Waals surface area contributed by atoms with Crippen molar-refractivity contribution in [3.05, 3.63) is 88.8 Å². The molecule has 1 aliphatic carbocycles. The number of rotatable bonds is 5. The molecule has 2 aliphatic rings. The number of H-pyrrole nitrogens is 1. The summed E-state index contributed by atoms with van der Waals surface area (Å²) in [7, 11) is 0. The maximum Gasteiger partial charge on any atom is 0.139 e. The Balaban J connectivity index is 1.37. The summed E-state index contributed by atoms with van der Waals surface area (Å²) < 4.78 is 0. The van der Waals surface area contributed by atoms with Crippen molar-refractivity contribution in [2.75, 3.05) is 18.0 Å². The molecule has 0 bridgehead atoms. The molecule has 1 unspecified atom stereocenters. The van der Waals surface area contributed by atoms with Gasteiger partial charge in [-0.3, -0.25) is 0 Å². The van der Waals surface area contributed by atoms with Crippen molar-refractivity contribution < 1.29 is 0 Å². The first kappa shape index (κ1) is 23.7. The van der Waals surface area contributed by atoms with E-state index in [-0.39, 0.29) is 0 Å². The lowest BCUT2D eigenvalue weighted by Gasteiger charge is -2.36. The number of fused-ring (bicyclic) bond motifs is 1. The Hall–Kier alpha value is -3.07. The Kier molecular flexibility index (Phi) is 6.69. The molecule has 1 fully saturated rings. The van der Waals surface area contributed by atoms with Crippen LogP contribution >= 0.6 is 0 Å². The maximum absolute atomic E-state index is 4.69. The van der Waals surface area contributed by atoms with Gasteiger partial charge in [0.25, 0.3) is 0 Å². The first-order chi connectivity index (χ1) is 17.0. The molecule has 0 radical (unpaired) electrons. The molecule has 3 aromatic rings. The van der Waals surface area contributed by atoms with E-state index in [1.54, 1.807) is 5.57 Å². The van der Waals surface area contributed by atoms with E-state index < -0.39 is 0 Å². The number of allylic oxidation sites excluding steroid dienone is 5. The molecule has 1 atom stereocenters. The van der Waals surface area contributed by atoms with Crippen molar-refractivity contribution in [3.8, 4) is 0 Å². The van der Waals surface area contributed by atoms with Gasteiger partial charge in [0.05, 0.1) is 5.69 Å². The molecule has 3 nitrogen and oxygen atoms in total. The van der Waals surface area contributed by atoms with Gasteiger partial charge in [0.2, 0.25) is 0 Å². The van der Waals surface area contributed by atoms with Gasteiger partial charge >= 0.3 is 0 Å². The number of anilines is 1. The molecule has 1 aromatic carbocycles. The van der Waals surface area contributed by atoms with Crippen LogP contribution in [0.25, 0.3) is 16.6 Å². The Morgan fingerprint density at radius 3 is 2.51 bits per heavy atom. The largest absolute Gasteiger partial charge is 0.371 e. The van der Waals surface area contributed by atoms with Crippen molar-refractivity contribution in [3.63, 3.8) is 0 Å². The van der Waals surface area contributed by atoms with Gasteiger partial charge in [0.1, 0.15) is 5.65 Å². The third kappa shape index (κ3) is 4.49. The normalized spacial score (nSPS) is 19.9. The van der Waals surface area contributed by atoms with E-state index in [4.69, 9.17) is 0 Å². The number of aryl methyl sites for hydroxylation is 2. The molecule has 1 N–H and O–H groups in total. The average molecular weight is 466 g/mol. The Morgan fingerprint density at radius 1 is 1.09 bits per heavy atom. The van der Waals surface area contributed by atoms with E-state index in [0.717, 1.165) is 38.0 Å². The fourth-order valence-corrected chi connectivity index (χ4v) is 6.30. The minimum atomic E-state index is 0.551. The van der Waals surface area contributed by atoms with Crippen LogP contribution in [0.4, 0.5) is 5.69 Å². The summed E-state index contributed by atoms with van der Waals surface area (Å²) >= 11 is 0. The molecular formula is C32H39N3. The number of hydrogen-bond donors (Lipinski definition) is 1. The van der Waals surface area contributed by atoms with E-state index >= 15 is 0 Å². The highest BCUT2D eigenvalue weighted by Crippen LogP contribution is 2.43. The van der Waals surface area contributed by atoms with Gasteiger partial charge in [-0.05, 0) is 91.7 Å². The highest BCUT2D eigenvalue weighted by atomic mass is 15.1. The molecule has 0 amide bonds.